The number of carbonyl (C=O) groups is 4. The zero-order valence-corrected chi connectivity index (χ0v) is 32.7. The molecule has 2 unspecified atom stereocenters. The van der Waals surface area contributed by atoms with Gasteiger partial charge in [0.2, 0.25) is 26.1 Å². The molecule has 4 saturated heterocycles. The molecule has 7 atom stereocenters. The Balaban J connectivity index is 1.19. The minimum absolute atomic E-state index is 0.0194. The number of anilines is 3. The van der Waals surface area contributed by atoms with Gasteiger partial charge in [-0.1, -0.05) is 19.1 Å². The molecule has 2 aromatic rings. The highest BCUT2D eigenvalue weighted by molar-refractivity contribution is 6.72. The summed E-state index contributed by atoms with van der Waals surface area (Å²) >= 11 is 0. The van der Waals surface area contributed by atoms with Crippen LogP contribution in [0.5, 0.6) is 0 Å². The summed E-state index contributed by atoms with van der Waals surface area (Å²) in [6.45, 7) is 8.71. The van der Waals surface area contributed by atoms with Gasteiger partial charge < -0.3 is 45.0 Å². The van der Waals surface area contributed by atoms with E-state index in [1.54, 1.807) is 35.0 Å². The predicted molar refractivity (Wildman–Crippen MR) is 207 cm³/mol. The maximum atomic E-state index is 16.5. The maximum absolute atomic E-state index is 16.5. The summed E-state index contributed by atoms with van der Waals surface area (Å²) in [6, 6.07) is 12.6. The molecule has 14 heteroatoms. The van der Waals surface area contributed by atoms with E-state index in [2.05, 4.69) is 21.3 Å². The van der Waals surface area contributed by atoms with Crippen molar-refractivity contribution < 1.29 is 33.1 Å². The molecule has 5 aliphatic heterocycles. The Labute approximate surface area is 318 Å². The van der Waals surface area contributed by atoms with E-state index >= 15 is 8.90 Å². The highest BCUT2D eigenvalue weighted by Crippen LogP contribution is 2.60. The number of fused-ring (bicyclic) bond motifs is 2. The van der Waals surface area contributed by atoms with Crippen LogP contribution in [0.1, 0.15) is 63.0 Å². The van der Waals surface area contributed by atoms with E-state index in [-0.39, 0.29) is 61.1 Å². The molecular weight excluding hydrogens is 708 g/mol. The van der Waals surface area contributed by atoms with Crippen molar-refractivity contribution in [1.82, 2.24) is 15.5 Å². The molecule has 12 nitrogen and oxygen atoms in total. The maximum Gasteiger partial charge on any atom is 0.264 e. The fourth-order valence-electron chi connectivity index (χ4n) is 9.64. The molecule has 5 aliphatic rings. The molecule has 0 aromatic heterocycles. The average molecular weight is 763 g/mol. The van der Waals surface area contributed by atoms with E-state index in [9.17, 15) is 19.5 Å². The van der Waals surface area contributed by atoms with E-state index < -0.39 is 31.6 Å². The lowest BCUT2D eigenvalue weighted by atomic mass is 9.82. The summed E-state index contributed by atoms with van der Waals surface area (Å²) in [6.07, 6.45) is 4.04. The summed E-state index contributed by atoms with van der Waals surface area (Å²) in [5, 5.41) is 22.6. The number of likely N-dealkylation sites (tertiary alicyclic amines) is 1. The first kappa shape index (κ1) is 38.6. The van der Waals surface area contributed by atoms with Crippen LogP contribution >= 0.6 is 0 Å². The molecule has 4 fully saturated rings. The van der Waals surface area contributed by atoms with Crippen molar-refractivity contribution in [3.05, 3.63) is 53.6 Å². The number of aliphatic hydroxyl groups excluding tert-OH is 1. The van der Waals surface area contributed by atoms with Crippen molar-refractivity contribution in [2.45, 2.75) is 94.8 Å². The minimum Gasteiger partial charge on any atom is -0.394 e. The number of hydrogen-bond donors (Lipinski definition) is 5. The molecule has 1 spiro atoms. The Morgan fingerprint density at radius 1 is 0.944 bits per heavy atom. The number of piperidine rings is 2. The van der Waals surface area contributed by atoms with Crippen LogP contribution in [0.2, 0.25) is 18.6 Å². The Kier molecular flexibility index (Phi) is 11.3. The van der Waals surface area contributed by atoms with Gasteiger partial charge in [0.25, 0.3) is 5.91 Å². The number of hydrogen-bond acceptors (Lipinski definition) is 8. The van der Waals surface area contributed by atoms with E-state index in [0.717, 1.165) is 50.8 Å². The molecule has 5 heterocycles. The van der Waals surface area contributed by atoms with Crippen LogP contribution in [0, 0.1) is 17.8 Å². The standard InChI is InChI=1S/C40H55FN6O6Si/c1-25-36(54(2,3)41)34(20-35(49)46-18-6-9-31(46)24-48)53-40(25)32-19-30(45-38(51)28-8-5-17-43-22-28)14-15-33(32)47(39(40)52)23-26-10-12-29(13-11-26)44-37(50)27-7-4-16-42-21-27/h10-15,19,25,27-28,31,34,36,42-43,48H,4-9,16-18,20-24H2,1-3H3,(H,44,50)(H,45,51)/t25-,27?,28?,31+,34+,36-,40+/m1/s1. The second kappa shape index (κ2) is 15.8. The third-order valence-electron chi connectivity index (χ3n) is 12.4. The highest BCUT2D eigenvalue weighted by Gasteiger charge is 2.67. The Morgan fingerprint density at radius 2 is 1.57 bits per heavy atom. The van der Waals surface area contributed by atoms with Crippen LogP contribution < -0.4 is 26.2 Å². The summed E-state index contributed by atoms with van der Waals surface area (Å²) < 4.78 is 23.4. The van der Waals surface area contributed by atoms with Gasteiger partial charge in [-0.15, -0.1) is 0 Å². The predicted octanol–water partition coefficient (Wildman–Crippen LogP) is 4.26. The van der Waals surface area contributed by atoms with Crippen LogP contribution in [0.25, 0.3) is 0 Å². The van der Waals surface area contributed by atoms with Crippen molar-refractivity contribution in [2.75, 3.05) is 54.9 Å². The zero-order valence-electron chi connectivity index (χ0n) is 31.7. The molecule has 0 radical (unpaired) electrons. The van der Waals surface area contributed by atoms with E-state index in [0.29, 0.717) is 48.7 Å². The van der Waals surface area contributed by atoms with Gasteiger partial charge in [0.1, 0.15) is 0 Å². The monoisotopic (exact) mass is 762 g/mol. The van der Waals surface area contributed by atoms with Crippen molar-refractivity contribution in [3.8, 4) is 0 Å². The first-order valence-corrected chi connectivity index (χ1v) is 22.7. The first-order chi connectivity index (χ1) is 25.9. The van der Waals surface area contributed by atoms with Gasteiger partial charge in [-0.2, -0.15) is 0 Å². The number of rotatable bonds is 10. The Hall–Kier alpha value is -3.69. The lowest BCUT2D eigenvalue weighted by Crippen LogP contribution is -2.45. The molecule has 5 N–H and O–H groups in total. The van der Waals surface area contributed by atoms with Crippen LogP contribution in [-0.4, -0.2) is 93.5 Å². The van der Waals surface area contributed by atoms with Crippen LogP contribution in [0.15, 0.2) is 42.5 Å². The summed E-state index contributed by atoms with van der Waals surface area (Å²) in [4.78, 5) is 58.3. The fraction of sp³-hybridized carbons (Fsp3) is 0.600. The smallest absolute Gasteiger partial charge is 0.264 e. The van der Waals surface area contributed by atoms with Crippen LogP contribution in [0.3, 0.4) is 0 Å². The number of carbonyl (C=O) groups excluding carboxylic acids is 4. The molecule has 292 valence electrons. The summed E-state index contributed by atoms with van der Waals surface area (Å²) in [5.41, 5.74) is 0.918. The highest BCUT2D eigenvalue weighted by atomic mass is 28.4. The average Bonchev–Trinajstić information content (AvgIpc) is 3.83. The molecule has 0 saturated carbocycles. The number of nitrogens with zero attached hydrogens (tertiary/aromatic N) is 2. The molecule has 0 bridgehead atoms. The number of benzene rings is 2. The topological polar surface area (TPSA) is 152 Å². The third-order valence-corrected chi connectivity index (χ3v) is 14.9. The van der Waals surface area contributed by atoms with Gasteiger partial charge >= 0.3 is 0 Å². The van der Waals surface area contributed by atoms with Gasteiger partial charge in [0.05, 0.1) is 49.2 Å². The van der Waals surface area contributed by atoms with Crippen molar-refractivity contribution >= 4 is 49.1 Å². The normalized spacial score (nSPS) is 29.8. The number of ether oxygens (including phenoxy) is 1. The molecule has 0 aliphatic carbocycles. The van der Waals surface area contributed by atoms with Gasteiger partial charge in [-0.25, -0.2) is 0 Å². The molecule has 54 heavy (non-hydrogen) atoms. The second-order valence-electron chi connectivity index (χ2n) is 16.4. The second-order valence-corrected chi connectivity index (χ2v) is 20.2. The van der Waals surface area contributed by atoms with Crippen molar-refractivity contribution in [3.63, 3.8) is 0 Å². The summed E-state index contributed by atoms with van der Waals surface area (Å²) in [5.74, 6) is -1.55. The van der Waals surface area contributed by atoms with Crippen LogP contribution in [-0.2, 0) is 36.1 Å². The SMILES string of the molecule is C[C@@H]1[C@@H]([Si](C)(C)F)[C@H](CC(=O)N2CCC[C@H]2CO)O[C@@]12C(=O)N(Cc1ccc(NC(=O)C3CCCNC3)cc1)c1ccc(NC(=O)C3CCCNC3)cc12. The van der Waals surface area contributed by atoms with Gasteiger partial charge in [0, 0.05) is 48.0 Å². The molecular formula is C40H55FN6O6Si. The van der Waals surface area contributed by atoms with Crippen molar-refractivity contribution in [2.24, 2.45) is 17.8 Å². The lowest BCUT2D eigenvalue weighted by molar-refractivity contribution is -0.150. The number of aliphatic hydroxyl groups is 1. The molecule has 4 amide bonds. The van der Waals surface area contributed by atoms with Crippen LogP contribution in [0.4, 0.5) is 21.2 Å². The summed E-state index contributed by atoms with van der Waals surface area (Å²) in [7, 11) is -3.55. The number of nitrogens with one attached hydrogen (secondary N) is 4. The number of halogens is 1. The largest absolute Gasteiger partial charge is 0.394 e. The fourth-order valence-corrected chi connectivity index (χ4v) is 12.1. The van der Waals surface area contributed by atoms with Gasteiger partial charge in [0.15, 0.2) is 5.60 Å². The van der Waals surface area contributed by atoms with E-state index in [4.69, 9.17) is 4.74 Å². The quantitative estimate of drug-likeness (QED) is 0.178. The molecule has 2 aromatic carbocycles. The Bertz CT molecular complexity index is 1730. The lowest BCUT2D eigenvalue weighted by Gasteiger charge is -2.31. The molecule has 7 rings (SSSR count). The Morgan fingerprint density at radius 3 is 2.17 bits per heavy atom. The van der Waals surface area contributed by atoms with E-state index in [1.165, 1.54) is 0 Å². The zero-order chi connectivity index (χ0) is 38.2. The number of amides is 4. The van der Waals surface area contributed by atoms with E-state index in [1.807, 2.05) is 37.3 Å². The van der Waals surface area contributed by atoms with Gasteiger partial charge in [-0.05, 0) is 101 Å². The van der Waals surface area contributed by atoms with Gasteiger partial charge in [-0.3, -0.25) is 19.2 Å². The first-order valence-electron chi connectivity index (χ1n) is 19.8. The minimum atomic E-state index is -3.55. The van der Waals surface area contributed by atoms with Crippen molar-refractivity contribution in [1.29, 1.82) is 0 Å². The third kappa shape index (κ3) is 7.47.